The van der Waals surface area contributed by atoms with Crippen LogP contribution in [0.15, 0.2) is 0 Å². The lowest BCUT2D eigenvalue weighted by Crippen LogP contribution is -2.46. The number of ether oxygens (including phenoxy) is 1. The maximum atomic E-state index is 10.6. The van der Waals surface area contributed by atoms with Gasteiger partial charge in [-0.1, -0.05) is 0 Å². The molecule has 1 fully saturated rings. The number of morpholine rings is 1. The van der Waals surface area contributed by atoms with E-state index in [-0.39, 0.29) is 12.0 Å². The van der Waals surface area contributed by atoms with Gasteiger partial charge in [0.15, 0.2) is 0 Å². The number of carbonyl (C=O) groups is 1. The maximum absolute atomic E-state index is 10.6. The third-order valence-corrected chi connectivity index (χ3v) is 2.73. The molecule has 0 saturated carbocycles. The molecule has 94 valence electrons. The number of nitrogens with one attached hydrogen (secondary N) is 1. The zero-order valence-electron chi connectivity index (χ0n) is 10.2. The molecule has 1 heterocycles. The Balaban J connectivity index is 2.15. The Kier molecular flexibility index (Phi) is 5.18. The number of hydrogen-bond acceptors (Lipinski definition) is 4. The van der Waals surface area contributed by atoms with E-state index in [1.54, 1.807) is 0 Å². The minimum atomic E-state index is -0.760. The van der Waals surface area contributed by atoms with Crippen LogP contribution in [0.2, 0.25) is 0 Å². The number of nitrogens with zero attached hydrogens (tertiary/aromatic N) is 1. The molecule has 16 heavy (non-hydrogen) atoms. The van der Waals surface area contributed by atoms with Crippen molar-refractivity contribution in [1.29, 1.82) is 0 Å². The Labute approximate surface area is 96.8 Å². The number of rotatable bonds is 6. The summed E-state index contributed by atoms with van der Waals surface area (Å²) in [5.41, 5.74) is -0.335. The van der Waals surface area contributed by atoms with Gasteiger partial charge in [0, 0.05) is 31.7 Å². The monoisotopic (exact) mass is 230 g/mol. The second-order valence-corrected chi connectivity index (χ2v) is 4.84. The number of carboxylic acids is 1. The van der Waals surface area contributed by atoms with Crippen molar-refractivity contribution in [1.82, 2.24) is 10.2 Å². The van der Waals surface area contributed by atoms with Gasteiger partial charge in [0.25, 0.3) is 0 Å². The summed E-state index contributed by atoms with van der Waals surface area (Å²) < 4.78 is 5.26. The highest BCUT2D eigenvalue weighted by Crippen LogP contribution is 2.07. The highest BCUT2D eigenvalue weighted by atomic mass is 16.5. The summed E-state index contributed by atoms with van der Waals surface area (Å²) in [7, 11) is 0. The lowest BCUT2D eigenvalue weighted by atomic mass is 10.0. The van der Waals surface area contributed by atoms with E-state index in [9.17, 15) is 4.79 Å². The summed E-state index contributed by atoms with van der Waals surface area (Å²) in [5.74, 6) is -0.760. The van der Waals surface area contributed by atoms with Crippen molar-refractivity contribution in [2.45, 2.75) is 25.8 Å². The highest BCUT2D eigenvalue weighted by molar-refractivity contribution is 5.68. The van der Waals surface area contributed by atoms with Crippen LogP contribution in [0.4, 0.5) is 0 Å². The molecule has 0 radical (unpaired) electrons. The average Bonchev–Trinajstić information content (AvgIpc) is 2.16. The molecule has 0 bridgehead atoms. The molecule has 1 aliphatic rings. The molecule has 0 amide bonds. The summed E-state index contributed by atoms with van der Waals surface area (Å²) in [6.45, 7) is 9.16. The topological polar surface area (TPSA) is 61.8 Å². The molecule has 1 aliphatic heterocycles. The van der Waals surface area contributed by atoms with Crippen molar-refractivity contribution in [3.8, 4) is 0 Å². The van der Waals surface area contributed by atoms with E-state index in [0.29, 0.717) is 0 Å². The van der Waals surface area contributed by atoms with Crippen LogP contribution in [-0.4, -0.2) is 60.9 Å². The van der Waals surface area contributed by atoms with Crippen LogP contribution in [-0.2, 0) is 9.53 Å². The van der Waals surface area contributed by atoms with Gasteiger partial charge in [-0.05, 0) is 13.8 Å². The summed E-state index contributed by atoms with van der Waals surface area (Å²) in [6.07, 6.45) is 0.149. The smallest absolute Gasteiger partial charge is 0.305 e. The molecule has 2 N–H and O–H groups in total. The van der Waals surface area contributed by atoms with Crippen LogP contribution in [0.3, 0.4) is 0 Å². The van der Waals surface area contributed by atoms with E-state index < -0.39 is 5.97 Å². The van der Waals surface area contributed by atoms with Crippen molar-refractivity contribution in [3.63, 3.8) is 0 Å². The van der Waals surface area contributed by atoms with Gasteiger partial charge < -0.3 is 15.2 Å². The fourth-order valence-corrected chi connectivity index (χ4v) is 1.82. The molecule has 0 atom stereocenters. The van der Waals surface area contributed by atoms with Crippen LogP contribution in [0.1, 0.15) is 20.3 Å². The van der Waals surface area contributed by atoms with Gasteiger partial charge >= 0.3 is 5.97 Å². The predicted molar refractivity (Wildman–Crippen MR) is 61.6 cm³/mol. The van der Waals surface area contributed by atoms with E-state index in [1.165, 1.54) is 0 Å². The Morgan fingerprint density at radius 2 is 2.06 bits per heavy atom. The molecule has 0 spiro atoms. The third kappa shape index (κ3) is 5.44. The minimum absolute atomic E-state index is 0.149. The van der Waals surface area contributed by atoms with Crippen LogP contribution in [0.5, 0.6) is 0 Å². The van der Waals surface area contributed by atoms with Gasteiger partial charge in [-0.25, -0.2) is 0 Å². The zero-order chi connectivity index (χ0) is 12.0. The first-order chi connectivity index (χ1) is 7.49. The molecular weight excluding hydrogens is 208 g/mol. The second-order valence-electron chi connectivity index (χ2n) is 4.84. The predicted octanol–water partition coefficient (Wildman–Crippen LogP) is 0.162. The molecule has 0 aromatic carbocycles. The van der Waals surface area contributed by atoms with Crippen LogP contribution < -0.4 is 5.32 Å². The molecule has 1 saturated heterocycles. The number of carboxylic acid groups (broad SMARTS) is 1. The fraction of sp³-hybridized carbons (Fsp3) is 0.909. The van der Waals surface area contributed by atoms with Gasteiger partial charge in [-0.3, -0.25) is 9.69 Å². The lowest BCUT2D eigenvalue weighted by Gasteiger charge is -2.29. The summed E-state index contributed by atoms with van der Waals surface area (Å²) >= 11 is 0. The van der Waals surface area contributed by atoms with Crippen LogP contribution in [0, 0.1) is 0 Å². The van der Waals surface area contributed by atoms with Gasteiger partial charge in [-0.15, -0.1) is 0 Å². The standard InChI is InChI=1S/C11H22N2O3/c1-11(2,9-10(14)15)12-3-4-13-5-7-16-8-6-13/h12H,3-9H2,1-2H3,(H,14,15). The first-order valence-corrected chi connectivity index (χ1v) is 5.76. The second kappa shape index (κ2) is 6.18. The zero-order valence-corrected chi connectivity index (χ0v) is 10.2. The average molecular weight is 230 g/mol. The van der Waals surface area contributed by atoms with Crippen LogP contribution >= 0.6 is 0 Å². The van der Waals surface area contributed by atoms with Crippen LogP contribution in [0.25, 0.3) is 0 Å². The Morgan fingerprint density at radius 1 is 1.44 bits per heavy atom. The summed E-state index contributed by atoms with van der Waals surface area (Å²) in [5, 5.41) is 12.0. The highest BCUT2D eigenvalue weighted by Gasteiger charge is 2.21. The molecule has 0 aromatic rings. The largest absolute Gasteiger partial charge is 0.481 e. The Bertz CT molecular complexity index is 225. The molecule has 5 heteroatoms. The summed E-state index contributed by atoms with van der Waals surface area (Å²) in [6, 6.07) is 0. The van der Waals surface area contributed by atoms with Gasteiger partial charge in [0.05, 0.1) is 19.6 Å². The normalized spacial score (nSPS) is 18.6. The molecule has 1 rings (SSSR count). The first-order valence-electron chi connectivity index (χ1n) is 5.76. The van der Waals surface area contributed by atoms with Gasteiger partial charge in [-0.2, -0.15) is 0 Å². The Hall–Kier alpha value is -0.650. The van der Waals surface area contributed by atoms with Crippen molar-refractivity contribution >= 4 is 5.97 Å². The SMILES string of the molecule is CC(C)(CC(=O)O)NCCN1CCOCC1. The number of hydrogen-bond donors (Lipinski definition) is 2. The first kappa shape index (κ1) is 13.4. The molecule has 0 aromatic heterocycles. The summed E-state index contributed by atoms with van der Waals surface area (Å²) in [4.78, 5) is 12.9. The molecule has 0 unspecified atom stereocenters. The lowest BCUT2D eigenvalue weighted by molar-refractivity contribution is -0.138. The quantitative estimate of drug-likeness (QED) is 0.680. The van der Waals surface area contributed by atoms with Gasteiger partial charge in [0.2, 0.25) is 0 Å². The fourth-order valence-electron chi connectivity index (χ4n) is 1.82. The van der Waals surface area contributed by atoms with E-state index >= 15 is 0 Å². The molecule has 5 nitrogen and oxygen atoms in total. The van der Waals surface area contributed by atoms with E-state index in [4.69, 9.17) is 9.84 Å². The number of aliphatic carboxylic acids is 1. The van der Waals surface area contributed by atoms with Crippen molar-refractivity contribution in [2.24, 2.45) is 0 Å². The van der Waals surface area contributed by atoms with E-state index in [0.717, 1.165) is 39.4 Å². The van der Waals surface area contributed by atoms with E-state index in [1.807, 2.05) is 13.8 Å². The Morgan fingerprint density at radius 3 is 2.62 bits per heavy atom. The molecule has 0 aliphatic carbocycles. The third-order valence-electron chi connectivity index (χ3n) is 2.73. The van der Waals surface area contributed by atoms with Gasteiger partial charge in [0.1, 0.15) is 0 Å². The van der Waals surface area contributed by atoms with Crippen molar-refractivity contribution in [3.05, 3.63) is 0 Å². The maximum Gasteiger partial charge on any atom is 0.305 e. The molecular formula is C11H22N2O3. The van der Waals surface area contributed by atoms with Crippen molar-refractivity contribution < 1.29 is 14.6 Å². The minimum Gasteiger partial charge on any atom is -0.481 e. The van der Waals surface area contributed by atoms with Crippen molar-refractivity contribution in [2.75, 3.05) is 39.4 Å². The van der Waals surface area contributed by atoms with E-state index in [2.05, 4.69) is 10.2 Å².